The lowest BCUT2D eigenvalue weighted by molar-refractivity contribution is 0.485. The van der Waals surface area contributed by atoms with Gasteiger partial charge in [-0.1, -0.05) is 81.2 Å². The number of anilines is 1. The van der Waals surface area contributed by atoms with Gasteiger partial charge in [-0.05, 0) is 0 Å². The summed E-state index contributed by atoms with van der Waals surface area (Å²) in [6.45, 7) is 0. The minimum absolute atomic E-state index is 0.0192. The quantitative estimate of drug-likeness (QED) is 0.304. The molecule has 21 heavy (non-hydrogen) atoms. The normalized spacial score (nSPS) is 10.8. The Labute approximate surface area is 155 Å². The summed E-state index contributed by atoms with van der Waals surface area (Å²) in [5, 5.41) is 0.744. The predicted octanol–water partition coefficient (Wildman–Crippen LogP) is 7.63. The van der Waals surface area contributed by atoms with Gasteiger partial charge in [-0.15, -0.1) is 0 Å². The van der Waals surface area contributed by atoms with Crippen LogP contribution >= 0.6 is 81.2 Å². The maximum atomic E-state index is 6.06. The summed E-state index contributed by atoms with van der Waals surface area (Å²) in [6, 6.07) is 2.89. The minimum atomic E-state index is 0.0192. The van der Waals surface area contributed by atoms with Crippen molar-refractivity contribution >= 4 is 86.9 Å². The number of ether oxygens (including phenoxy) is 1. The molecule has 2 nitrogen and oxygen atoms in total. The molecule has 0 atom stereocenters. The summed E-state index contributed by atoms with van der Waals surface area (Å²) in [7, 11) is 0. The number of nitrogens with two attached hydrogens (primary N) is 1. The highest BCUT2D eigenvalue weighted by Gasteiger charge is 2.21. The Morgan fingerprint density at radius 2 is 1.14 bits per heavy atom. The lowest BCUT2D eigenvalue weighted by Crippen LogP contribution is -1.96. The van der Waals surface area contributed by atoms with Crippen LogP contribution in [-0.4, -0.2) is 0 Å². The molecule has 0 aromatic heterocycles. The average Bonchev–Trinajstić information content (AvgIpc) is 2.45. The third kappa shape index (κ3) is 3.37. The molecule has 9 heteroatoms. The molecule has 2 aromatic rings. The molecule has 0 aliphatic rings. The van der Waals surface area contributed by atoms with Crippen molar-refractivity contribution in [3.05, 3.63) is 47.3 Å². The predicted molar refractivity (Wildman–Crippen MR) is 92.4 cm³/mol. The van der Waals surface area contributed by atoms with Gasteiger partial charge in [-0.2, -0.15) is 0 Å². The zero-order chi connectivity index (χ0) is 15.9. The second kappa shape index (κ2) is 6.67. The van der Waals surface area contributed by atoms with Crippen molar-refractivity contribution in [3.63, 3.8) is 0 Å². The van der Waals surface area contributed by atoms with Crippen LogP contribution in [0.2, 0.25) is 35.2 Å². The smallest absolute Gasteiger partial charge is 0.172 e. The summed E-state index contributed by atoms with van der Waals surface area (Å²) >= 11 is 41.6. The van der Waals surface area contributed by atoms with Crippen molar-refractivity contribution < 1.29 is 4.74 Å². The summed E-state index contributed by atoms with van der Waals surface area (Å²) in [4.78, 5) is 0. The molecular formula is C12H4Cl7NO. The van der Waals surface area contributed by atoms with Crippen LogP contribution in [0, 0.1) is 0 Å². The van der Waals surface area contributed by atoms with Crippen LogP contribution in [0.3, 0.4) is 0 Å². The summed E-state index contributed by atoms with van der Waals surface area (Å²) in [5.74, 6) is 0.308. The van der Waals surface area contributed by atoms with Crippen LogP contribution in [0.15, 0.2) is 12.1 Å². The van der Waals surface area contributed by atoms with Crippen molar-refractivity contribution in [1.82, 2.24) is 0 Å². The molecule has 0 unspecified atom stereocenters. The van der Waals surface area contributed by atoms with E-state index in [0.717, 1.165) is 0 Å². The molecule has 2 N–H and O–H groups in total. The van der Waals surface area contributed by atoms with E-state index in [2.05, 4.69) is 0 Å². The Hall–Kier alpha value is 0.0700. The average molecular weight is 426 g/mol. The molecule has 2 aromatic carbocycles. The van der Waals surface area contributed by atoms with Gasteiger partial charge in [-0.3, -0.25) is 0 Å². The summed E-state index contributed by atoms with van der Waals surface area (Å²) in [5.41, 5.74) is 5.87. The number of hydrogen-bond donors (Lipinski definition) is 1. The molecule has 0 saturated heterocycles. The van der Waals surface area contributed by atoms with Gasteiger partial charge in [0.05, 0.1) is 35.8 Å². The van der Waals surface area contributed by atoms with Crippen LogP contribution < -0.4 is 10.5 Å². The van der Waals surface area contributed by atoms with E-state index in [1.165, 1.54) is 12.1 Å². The van der Waals surface area contributed by atoms with Crippen LogP contribution in [-0.2, 0) is 0 Å². The number of nitrogen functional groups attached to an aromatic ring is 1. The van der Waals surface area contributed by atoms with Crippen LogP contribution in [0.5, 0.6) is 11.5 Å². The lowest BCUT2D eigenvalue weighted by atomic mass is 10.3. The van der Waals surface area contributed by atoms with Crippen molar-refractivity contribution in [2.24, 2.45) is 0 Å². The first-order valence-electron chi connectivity index (χ1n) is 5.17. The standard InChI is InChI=1S/C12H4Cl7NO/c13-4-1-3(2-5(14)6(4)15)21-12-10(19)8(17)7(16)9(18)11(12)20/h1-2H,20H2. The Balaban J connectivity index is 2.55. The topological polar surface area (TPSA) is 35.2 Å². The van der Waals surface area contributed by atoms with E-state index in [4.69, 9.17) is 91.7 Å². The van der Waals surface area contributed by atoms with Gasteiger partial charge >= 0.3 is 0 Å². The molecule has 0 aliphatic heterocycles. The summed E-state index contributed by atoms with van der Waals surface area (Å²) < 4.78 is 5.56. The SMILES string of the molecule is Nc1c(Cl)c(Cl)c(Cl)c(Cl)c1Oc1cc(Cl)c(Cl)c(Cl)c1. The van der Waals surface area contributed by atoms with Gasteiger partial charge in [0.25, 0.3) is 0 Å². The first kappa shape index (κ1) is 17.4. The number of rotatable bonds is 2. The first-order valence-corrected chi connectivity index (χ1v) is 7.82. The van der Waals surface area contributed by atoms with E-state index in [9.17, 15) is 0 Å². The minimum Gasteiger partial charge on any atom is -0.453 e. The second-order valence-corrected chi connectivity index (χ2v) is 6.51. The molecular weight excluding hydrogens is 422 g/mol. The van der Waals surface area contributed by atoms with Crippen molar-refractivity contribution in [2.75, 3.05) is 5.73 Å². The highest BCUT2D eigenvalue weighted by molar-refractivity contribution is 6.53. The molecule has 112 valence electrons. The van der Waals surface area contributed by atoms with Gasteiger partial charge in [0.2, 0.25) is 0 Å². The van der Waals surface area contributed by atoms with E-state index in [-0.39, 0.29) is 52.3 Å². The first-order chi connectivity index (χ1) is 9.73. The van der Waals surface area contributed by atoms with Crippen molar-refractivity contribution in [1.29, 1.82) is 0 Å². The molecule has 0 fully saturated rings. The Bertz CT molecular complexity index is 680. The van der Waals surface area contributed by atoms with E-state index in [1.807, 2.05) is 0 Å². The van der Waals surface area contributed by atoms with E-state index >= 15 is 0 Å². The van der Waals surface area contributed by atoms with Gasteiger partial charge < -0.3 is 10.5 Å². The molecule has 0 saturated carbocycles. The number of hydrogen-bond acceptors (Lipinski definition) is 2. The number of benzene rings is 2. The zero-order valence-corrected chi connectivity index (χ0v) is 15.1. The maximum Gasteiger partial charge on any atom is 0.172 e. The van der Waals surface area contributed by atoms with Crippen LogP contribution in [0.1, 0.15) is 0 Å². The number of halogens is 7. The monoisotopic (exact) mass is 423 g/mol. The van der Waals surface area contributed by atoms with E-state index in [1.54, 1.807) is 0 Å². The maximum absolute atomic E-state index is 6.06. The Morgan fingerprint density at radius 1 is 0.667 bits per heavy atom. The van der Waals surface area contributed by atoms with Gasteiger partial charge in [0.15, 0.2) is 5.75 Å². The molecule has 0 spiro atoms. The van der Waals surface area contributed by atoms with E-state index in [0.29, 0.717) is 0 Å². The second-order valence-electron chi connectivity index (χ2n) is 3.80. The highest BCUT2D eigenvalue weighted by atomic mass is 35.5. The Morgan fingerprint density at radius 3 is 1.67 bits per heavy atom. The van der Waals surface area contributed by atoms with Crippen molar-refractivity contribution in [2.45, 2.75) is 0 Å². The fourth-order valence-corrected chi connectivity index (χ4v) is 2.90. The highest BCUT2D eigenvalue weighted by Crippen LogP contribution is 2.49. The van der Waals surface area contributed by atoms with Gasteiger partial charge in [-0.25, -0.2) is 0 Å². The van der Waals surface area contributed by atoms with Gasteiger partial charge in [0, 0.05) is 12.1 Å². The molecule has 0 bridgehead atoms. The van der Waals surface area contributed by atoms with Crippen LogP contribution in [0.25, 0.3) is 0 Å². The lowest BCUT2D eigenvalue weighted by Gasteiger charge is -2.15. The molecule has 0 radical (unpaired) electrons. The van der Waals surface area contributed by atoms with Gasteiger partial charge in [0.1, 0.15) is 10.8 Å². The molecule has 0 aliphatic carbocycles. The molecule has 2 rings (SSSR count). The fourth-order valence-electron chi connectivity index (χ4n) is 1.44. The fraction of sp³-hybridized carbons (Fsp3) is 0. The van der Waals surface area contributed by atoms with Crippen molar-refractivity contribution in [3.8, 4) is 11.5 Å². The largest absolute Gasteiger partial charge is 0.453 e. The van der Waals surface area contributed by atoms with E-state index < -0.39 is 0 Å². The Kier molecular flexibility index (Phi) is 5.54. The zero-order valence-electron chi connectivity index (χ0n) is 9.79. The third-order valence-electron chi connectivity index (χ3n) is 2.44. The third-order valence-corrected chi connectivity index (χ3v) is 5.43. The summed E-state index contributed by atoms with van der Waals surface area (Å²) in [6.07, 6.45) is 0. The van der Waals surface area contributed by atoms with Crippen LogP contribution in [0.4, 0.5) is 5.69 Å². The molecule has 0 amide bonds. The molecule has 0 heterocycles.